The number of thioether (sulfide) groups is 1. The van der Waals surface area contributed by atoms with Gasteiger partial charge in [0.05, 0.1) is 18.3 Å². The molecule has 104 valence electrons. The van der Waals surface area contributed by atoms with Crippen molar-refractivity contribution in [3.05, 3.63) is 0 Å². The molecule has 3 N–H and O–H groups in total. The molecule has 2 atom stereocenters. The van der Waals surface area contributed by atoms with Crippen LogP contribution in [-0.4, -0.2) is 60.2 Å². The van der Waals surface area contributed by atoms with Crippen LogP contribution in [0.25, 0.3) is 0 Å². The average Bonchev–Trinajstić information content (AvgIpc) is 2.16. The Balaban J connectivity index is 3.53. The second-order valence-corrected chi connectivity index (χ2v) is 6.01. The Hall–Kier alpha value is 0.190. The normalized spacial score (nSPS) is 17.1. The Morgan fingerprint density at radius 3 is 2.53 bits per heavy atom. The van der Waals surface area contributed by atoms with E-state index >= 15 is 0 Å². The highest BCUT2D eigenvalue weighted by molar-refractivity contribution is 7.98. The van der Waals surface area contributed by atoms with Crippen LogP contribution in [0.3, 0.4) is 0 Å². The lowest BCUT2D eigenvalue weighted by Crippen LogP contribution is -2.43. The van der Waals surface area contributed by atoms with E-state index in [-0.39, 0.29) is 0 Å². The molecule has 4 nitrogen and oxygen atoms in total. The van der Waals surface area contributed by atoms with Gasteiger partial charge >= 0.3 is 0 Å². The van der Waals surface area contributed by atoms with Gasteiger partial charge in [-0.3, -0.25) is 0 Å². The topological polar surface area (TPSA) is 61.7 Å². The molecule has 0 rings (SSSR count). The molecule has 0 amide bonds. The lowest BCUT2D eigenvalue weighted by Gasteiger charge is -2.23. The molecule has 17 heavy (non-hydrogen) atoms. The number of nitrogens with one attached hydrogen (secondary N) is 1. The fraction of sp³-hybridized carbons (Fsp3) is 1.00. The molecule has 0 fully saturated rings. The summed E-state index contributed by atoms with van der Waals surface area (Å²) in [7, 11) is 0. The first-order valence-electron chi connectivity index (χ1n) is 6.05. The van der Waals surface area contributed by atoms with Crippen LogP contribution in [0, 0.1) is 5.92 Å². The van der Waals surface area contributed by atoms with Gasteiger partial charge in [0.25, 0.3) is 0 Å². The van der Waals surface area contributed by atoms with Crippen molar-refractivity contribution < 1.29 is 14.9 Å². The van der Waals surface area contributed by atoms with E-state index in [1.54, 1.807) is 18.7 Å². The van der Waals surface area contributed by atoms with Crippen molar-refractivity contribution in [2.45, 2.75) is 32.5 Å². The molecule has 0 bridgehead atoms. The van der Waals surface area contributed by atoms with Gasteiger partial charge in [-0.2, -0.15) is 11.8 Å². The number of hydrogen-bond acceptors (Lipinski definition) is 5. The van der Waals surface area contributed by atoms with Gasteiger partial charge in [-0.1, -0.05) is 13.8 Å². The van der Waals surface area contributed by atoms with Crippen molar-refractivity contribution in [1.82, 2.24) is 5.32 Å². The molecule has 2 unspecified atom stereocenters. The van der Waals surface area contributed by atoms with Crippen LogP contribution < -0.4 is 5.32 Å². The minimum atomic E-state index is -0.724. The maximum Gasteiger partial charge on any atom is 0.0897 e. The molecule has 0 spiro atoms. The summed E-state index contributed by atoms with van der Waals surface area (Å²) in [5.41, 5.74) is -0.724. The van der Waals surface area contributed by atoms with Crippen LogP contribution >= 0.6 is 11.8 Å². The van der Waals surface area contributed by atoms with E-state index in [9.17, 15) is 10.2 Å². The Bertz CT molecular complexity index is 189. The number of ether oxygens (including phenoxy) is 1. The third kappa shape index (κ3) is 11.0. The van der Waals surface area contributed by atoms with E-state index in [0.29, 0.717) is 38.0 Å². The number of aliphatic hydroxyl groups is 2. The first-order valence-corrected chi connectivity index (χ1v) is 7.44. The monoisotopic (exact) mass is 265 g/mol. The number of aliphatic hydroxyl groups excluding tert-OH is 1. The third-order valence-corrected chi connectivity index (χ3v) is 3.01. The zero-order valence-corrected chi connectivity index (χ0v) is 12.2. The van der Waals surface area contributed by atoms with Crippen molar-refractivity contribution in [3.8, 4) is 0 Å². The maximum absolute atomic E-state index is 9.88. The van der Waals surface area contributed by atoms with Crippen molar-refractivity contribution in [3.63, 3.8) is 0 Å². The zero-order valence-electron chi connectivity index (χ0n) is 11.4. The third-order valence-electron chi connectivity index (χ3n) is 2.10. The second kappa shape index (κ2) is 9.16. The molecule has 0 aliphatic carbocycles. The minimum Gasteiger partial charge on any atom is -0.389 e. The predicted molar refractivity (Wildman–Crippen MR) is 73.5 cm³/mol. The van der Waals surface area contributed by atoms with E-state index in [1.165, 1.54) is 0 Å². The summed E-state index contributed by atoms with van der Waals surface area (Å²) in [6, 6.07) is 0. The van der Waals surface area contributed by atoms with Gasteiger partial charge in [0, 0.05) is 25.4 Å². The summed E-state index contributed by atoms with van der Waals surface area (Å²) in [5, 5.41) is 22.5. The Morgan fingerprint density at radius 1 is 1.35 bits per heavy atom. The van der Waals surface area contributed by atoms with E-state index in [1.807, 2.05) is 6.26 Å². The first kappa shape index (κ1) is 17.2. The highest BCUT2D eigenvalue weighted by Gasteiger charge is 2.19. The molecule has 0 heterocycles. The summed E-state index contributed by atoms with van der Waals surface area (Å²) in [6.07, 6.45) is 1.45. The SMILES string of the molecule is CSCC(C)(O)CNCC(O)COCC(C)C. The second-order valence-electron chi connectivity index (χ2n) is 5.15. The molecule has 0 aromatic rings. The smallest absolute Gasteiger partial charge is 0.0897 e. The van der Waals surface area contributed by atoms with Crippen LogP contribution in [0.5, 0.6) is 0 Å². The van der Waals surface area contributed by atoms with Crippen molar-refractivity contribution >= 4 is 11.8 Å². The summed E-state index contributed by atoms with van der Waals surface area (Å²) < 4.78 is 5.33. The summed E-state index contributed by atoms with van der Waals surface area (Å²) in [5.74, 6) is 1.16. The molecule has 0 saturated carbocycles. The van der Waals surface area contributed by atoms with E-state index in [4.69, 9.17) is 4.74 Å². The summed E-state index contributed by atoms with van der Waals surface area (Å²) in [6.45, 7) is 7.88. The van der Waals surface area contributed by atoms with Crippen molar-refractivity contribution in [2.75, 3.05) is 38.3 Å². The molecule has 0 aromatic carbocycles. The molecule has 5 heteroatoms. The Kier molecular flexibility index (Phi) is 9.27. The highest BCUT2D eigenvalue weighted by Crippen LogP contribution is 2.08. The average molecular weight is 265 g/mol. The molecule has 0 aliphatic heterocycles. The van der Waals surface area contributed by atoms with E-state index in [2.05, 4.69) is 19.2 Å². The standard InChI is InChI=1S/C12H27NO3S/c1-10(2)6-16-7-11(14)5-13-8-12(3,15)9-17-4/h10-11,13-15H,5-9H2,1-4H3. The van der Waals surface area contributed by atoms with Crippen LogP contribution in [0.15, 0.2) is 0 Å². The quantitative estimate of drug-likeness (QED) is 0.543. The fourth-order valence-electron chi connectivity index (χ4n) is 1.37. The fourth-order valence-corrected chi connectivity index (χ4v) is 2.09. The van der Waals surface area contributed by atoms with Crippen LogP contribution in [-0.2, 0) is 4.74 Å². The van der Waals surface area contributed by atoms with Crippen LogP contribution in [0.1, 0.15) is 20.8 Å². The highest BCUT2D eigenvalue weighted by atomic mass is 32.2. The molecule has 0 aliphatic rings. The molecule has 0 radical (unpaired) electrons. The van der Waals surface area contributed by atoms with E-state index in [0.717, 1.165) is 0 Å². The van der Waals surface area contributed by atoms with Gasteiger partial charge in [0.2, 0.25) is 0 Å². The largest absolute Gasteiger partial charge is 0.389 e. The van der Waals surface area contributed by atoms with Gasteiger partial charge in [0.1, 0.15) is 0 Å². The van der Waals surface area contributed by atoms with Gasteiger partial charge in [-0.25, -0.2) is 0 Å². The van der Waals surface area contributed by atoms with Crippen molar-refractivity contribution in [2.24, 2.45) is 5.92 Å². The lowest BCUT2D eigenvalue weighted by molar-refractivity contribution is 0.0216. The summed E-state index contributed by atoms with van der Waals surface area (Å²) in [4.78, 5) is 0. The minimum absolute atomic E-state index is 0.343. The van der Waals surface area contributed by atoms with Gasteiger partial charge < -0.3 is 20.3 Å². The Labute approximate surface area is 109 Å². The first-order chi connectivity index (χ1) is 7.87. The van der Waals surface area contributed by atoms with Crippen molar-refractivity contribution in [1.29, 1.82) is 0 Å². The summed E-state index contributed by atoms with van der Waals surface area (Å²) >= 11 is 1.61. The van der Waals surface area contributed by atoms with Gasteiger partial charge in [0.15, 0.2) is 0 Å². The number of rotatable bonds is 10. The molecular weight excluding hydrogens is 238 g/mol. The number of hydrogen-bond donors (Lipinski definition) is 3. The predicted octanol–water partition coefficient (Wildman–Crippen LogP) is 0.723. The zero-order chi connectivity index (χ0) is 13.3. The molecular formula is C12H27NO3S. The molecule has 0 aromatic heterocycles. The van der Waals surface area contributed by atoms with Crippen LogP contribution in [0.4, 0.5) is 0 Å². The lowest BCUT2D eigenvalue weighted by atomic mass is 10.1. The maximum atomic E-state index is 9.88. The van der Waals surface area contributed by atoms with Crippen LogP contribution in [0.2, 0.25) is 0 Å². The van der Waals surface area contributed by atoms with Gasteiger partial charge in [-0.05, 0) is 19.1 Å². The Morgan fingerprint density at radius 2 is 2.00 bits per heavy atom. The molecule has 0 saturated heterocycles. The van der Waals surface area contributed by atoms with E-state index < -0.39 is 11.7 Å². The van der Waals surface area contributed by atoms with Gasteiger partial charge in [-0.15, -0.1) is 0 Å².